The van der Waals surface area contributed by atoms with Crippen LogP contribution in [0, 0.1) is 5.82 Å². The van der Waals surface area contributed by atoms with Crippen molar-refractivity contribution in [2.24, 2.45) is 0 Å². The maximum atomic E-state index is 13.4. The number of hydrogen-bond donors (Lipinski definition) is 1. The summed E-state index contributed by atoms with van der Waals surface area (Å²) in [6.07, 6.45) is 2.47. The molecule has 0 aliphatic rings. The highest BCUT2D eigenvalue weighted by atomic mass is 35.5. The van der Waals surface area contributed by atoms with Gasteiger partial charge in [0.1, 0.15) is 11.6 Å². The van der Waals surface area contributed by atoms with Gasteiger partial charge in [-0.1, -0.05) is 11.6 Å². The molecule has 2 rings (SSSR count). The highest BCUT2D eigenvalue weighted by molar-refractivity contribution is 7.15. The van der Waals surface area contributed by atoms with Gasteiger partial charge in [-0.05, 0) is 12.1 Å². The first-order valence-corrected chi connectivity index (χ1v) is 7.64. The fraction of sp³-hybridized carbons (Fsp3) is 0.357. The van der Waals surface area contributed by atoms with Crippen LogP contribution < -0.4 is 10.1 Å². The third-order valence-corrected chi connectivity index (χ3v) is 3.79. The first-order chi connectivity index (χ1) is 10.2. The molecule has 0 amide bonds. The number of anilines is 1. The summed E-state index contributed by atoms with van der Waals surface area (Å²) in [4.78, 5) is 4.93. The fourth-order valence-electron chi connectivity index (χ4n) is 1.70. The van der Waals surface area contributed by atoms with Gasteiger partial charge in [-0.2, -0.15) is 0 Å². The van der Waals surface area contributed by atoms with E-state index in [4.69, 9.17) is 21.1 Å². The number of aromatic nitrogens is 1. The van der Waals surface area contributed by atoms with E-state index >= 15 is 0 Å². The number of nitrogens with zero attached hydrogens (tertiary/aromatic N) is 1. The molecule has 7 heteroatoms. The first-order valence-electron chi connectivity index (χ1n) is 6.44. The van der Waals surface area contributed by atoms with Gasteiger partial charge in [-0.25, -0.2) is 9.37 Å². The van der Waals surface area contributed by atoms with Gasteiger partial charge in [0.2, 0.25) is 0 Å². The number of hydrogen-bond acceptors (Lipinski definition) is 5. The fourth-order valence-corrected chi connectivity index (χ4v) is 2.62. The van der Waals surface area contributed by atoms with Crippen LogP contribution in [0.25, 0.3) is 0 Å². The second kappa shape index (κ2) is 8.17. The van der Waals surface area contributed by atoms with Gasteiger partial charge >= 0.3 is 0 Å². The average molecular weight is 331 g/mol. The first kappa shape index (κ1) is 16.0. The molecule has 1 N–H and O–H groups in total. The molecule has 0 bridgehead atoms. The van der Waals surface area contributed by atoms with Crippen molar-refractivity contribution in [2.45, 2.75) is 13.0 Å². The van der Waals surface area contributed by atoms with Crippen molar-refractivity contribution in [3.05, 3.63) is 39.6 Å². The lowest BCUT2D eigenvalue weighted by Gasteiger charge is -2.13. The summed E-state index contributed by atoms with van der Waals surface area (Å²) in [6.45, 7) is 1.66. The van der Waals surface area contributed by atoms with Crippen molar-refractivity contribution in [3.8, 4) is 5.75 Å². The Balaban J connectivity index is 1.97. The monoisotopic (exact) mass is 330 g/mol. The lowest BCUT2D eigenvalue weighted by Crippen LogP contribution is -2.05. The molecule has 1 aromatic carbocycles. The minimum absolute atomic E-state index is 0.316. The van der Waals surface area contributed by atoms with Gasteiger partial charge in [0.15, 0.2) is 4.47 Å². The maximum Gasteiger partial charge on any atom is 0.183 e. The Morgan fingerprint density at radius 3 is 2.95 bits per heavy atom. The third-order valence-electron chi connectivity index (χ3n) is 2.67. The molecule has 0 aliphatic carbocycles. The summed E-state index contributed by atoms with van der Waals surface area (Å²) >= 11 is 7.16. The maximum absolute atomic E-state index is 13.4. The summed E-state index contributed by atoms with van der Waals surface area (Å²) in [5, 5.41) is 3.14. The predicted octanol–water partition coefficient (Wildman–Crippen LogP) is 3.96. The van der Waals surface area contributed by atoms with Crippen molar-refractivity contribution in [2.75, 3.05) is 25.6 Å². The molecule has 21 heavy (non-hydrogen) atoms. The van der Waals surface area contributed by atoms with Crippen LogP contribution in [0.3, 0.4) is 0 Å². The van der Waals surface area contributed by atoms with Crippen LogP contribution in [0.2, 0.25) is 4.47 Å². The highest BCUT2D eigenvalue weighted by Crippen LogP contribution is 2.27. The summed E-state index contributed by atoms with van der Waals surface area (Å²) < 4.78 is 24.5. The molecule has 4 nitrogen and oxygen atoms in total. The topological polar surface area (TPSA) is 43.4 Å². The summed E-state index contributed by atoms with van der Waals surface area (Å²) in [5.74, 6) is 0.298. The quantitative estimate of drug-likeness (QED) is 0.744. The minimum atomic E-state index is -0.316. The predicted molar refractivity (Wildman–Crippen MR) is 82.8 cm³/mol. The van der Waals surface area contributed by atoms with Crippen LogP contribution in [-0.4, -0.2) is 25.3 Å². The number of benzene rings is 1. The van der Waals surface area contributed by atoms with Gasteiger partial charge in [-0.15, -0.1) is 11.3 Å². The third kappa shape index (κ3) is 5.15. The number of halogens is 2. The van der Waals surface area contributed by atoms with Crippen molar-refractivity contribution in [1.29, 1.82) is 0 Å². The zero-order chi connectivity index (χ0) is 15.1. The van der Waals surface area contributed by atoms with Gasteiger partial charge in [0.25, 0.3) is 0 Å². The van der Waals surface area contributed by atoms with Gasteiger partial charge < -0.3 is 14.8 Å². The number of nitrogens with one attached hydrogen (secondary N) is 1. The molecular formula is C14H16ClFN2O2S. The van der Waals surface area contributed by atoms with E-state index in [-0.39, 0.29) is 5.82 Å². The second-order valence-corrected chi connectivity index (χ2v) is 5.97. The van der Waals surface area contributed by atoms with Crippen molar-refractivity contribution >= 4 is 28.6 Å². The Morgan fingerprint density at radius 1 is 1.38 bits per heavy atom. The SMILES string of the molecule is COCCCOc1ccc(F)cc1NCc1cnc(Cl)s1. The normalized spacial score (nSPS) is 10.6. The van der Waals surface area contributed by atoms with Gasteiger partial charge in [0, 0.05) is 37.3 Å². The van der Waals surface area contributed by atoms with Crippen LogP contribution >= 0.6 is 22.9 Å². The molecule has 2 aromatic rings. The van der Waals surface area contributed by atoms with E-state index in [9.17, 15) is 4.39 Å². The number of ether oxygens (including phenoxy) is 2. The Hall–Kier alpha value is -1.37. The van der Waals surface area contributed by atoms with Crippen molar-refractivity contribution in [3.63, 3.8) is 0 Å². The molecule has 0 unspecified atom stereocenters. The van der Waals surface area contributed by atoms with Gasteiger partial charge in [0.05, 0.1) is 18.8 Å². The largest absolute Gasteiger partial charge is 0.491 e. The lowest BCUT2D eigenvalue weighted by molar-refractivity contribution is 0.172. The molecule has 0 aliphatic heterocycles. The van der Waals surface area contributed by atoms with Crippen molar-refractivity contribution < 1.29 is 13.9 Å². The molecule has 0 saturated carbocycles. The van der Waals surface area contributed by atoms with Crippen LogP contribution in [0.5, 0.6) is 5.75 Å². The van der Waals surface area contributed by atoms with Gasteiger partial charge in [-0.3, -0.25) is 0 Å². The highest BCUT2D eigenvalue weighted by Gasteiger charge is 2.07. The minimum Gasteiger partial charge on any atom is -0.491 e. The van der Waals surface area contributed by atoms with Crippen LogP contribution in [0.4, 0.5) is 10.1 Å². The molecule has 0 radical (unpaired) electrons. The standard InChI is InChI=1S/C14H16ClFN2O2S/c1-19-5-2-6-20-13-4-3-10(16)7-12(13)17-8-11-9-18-14(15)21-11/h3-4,7,9,17H,2,5-6,8H2,1H3. The van der Waals surface area contributed by atoms with E-state index < -0.39 is 0 Å². The van der Waals surface area contributed by atoms with E-state index in [1.807, 2.05) is 0 Å². The molecule has 0 spiro atoms. The number of methoxy groups -OCH3 is 1. The Morgan fingerprint density at radius 2 is 2.24 bits per heavy atom. The zero-order valence-corrected chi connectivity index (χ0v) is 13.1. The summed E-state index contributed by atoms with van der Waals surface area (Å²) in [5.41, 5.74) is 0.608. The molecule has 0 atom stereocenters. The van der Waals surface area contributed by atoms with E-state index in [1.165, 1.54) is 23.5 Å². The summed E-state index contributed by atoms with van der Waals surface area (Å²) in [7, 11) is 1.64. The molecule has 0 saturated heterocycles. The second-order valence-electron chi connectivity index (χ2n) is 4.27. The lowest BCUT2D eigenvalue weighted by atomic mass is 10.2. The van der Waals surface area contributed by atoms with E-state index in [1.54, 1.807) is 19.4 Å². The Kier molecular flexibility index (Phi) is 6.22. The Labute approximate surface area is 131 Å². The van der Waals surface area contributed by atoms with E-state index in [0.717, 1.165) is 11.3 Å². The smallest absolute Gasteiger partial charge is 0.183 e. The molecule has 1 heterocycles. The van der Waals surface area contributed by atoms with Crippen molar-refractivity contribution in [1.82, 2.24) is 4.98 Å². The molecular weight excluding hydrogens is 315 g/mol. The van der Waals surface area contributed by atoms with Crippen LogP contribution in [0.1, 0.15) is 11.3 Å². The summed E-state index contributed by atoms with van der Waals surface area (Å²) in [6, 6.07) is 4.40. The van der Waals surface area contributed by atoms with E-state index in [0.29, 0.717) is 35.7 Å². The van der Waals surface area contributed by atoms with E-state index in [2.05, 4.69) is 10.3 Å². The van der Waals surface area contributed by atoms with Crippen LogP contribution in [0.15, 0.2) is 24.4 Å². The Bertz CT molecular complexity index is 580. The zero-order valence-electron chi connectivity index (χ0n) is 11.6. The van der Waals surface area contributed by atoms with Crippen LogP contribution in [-0.2, 0) is 11.3 Å². The molecule has 114 valence electrons. The number of thiazole rings is 1. The number of rotatable bonds is 8. The molecule has 0 fully saturated rings. The average Bonchev–Trinajstić information content (AvgIpc) is 2.89. The molecule has 1 aromatic heterocycles.